The van der Waals surface area contributed by atoms with E-state index in [0.717, 1.165) is 57.2 Å². The van der Waals surface area contributed by atoms with Crippen LogP contribution in [0.5, 0.6) is 0 Å². The molecular formula is C20H28KN3O4S. The van der Waals surface area contributed by atoms with Gasteiger partial charge in [0.15, 0.2) is 16.1 Å². The smallest absolute Gasteiger partial charge is 0.423 e. The van der Waals surface area contributed by atoms with Gasteiger partial charge >= 0.3 is 51.4 Å². The largest absolute Gasteiger partial charge is 1.00 e. The van der Waals surface area contributed by atoms with Crippen molar-refractivity contribution in [3.05, 3.63) is 33.0 Å². The number of likely N-dealkylation sites (tertiary alicyclic amines) is 1. The number of fused-ring (bicyclic) bond motifs is 2. The molecule has 2 aliphatic carbocycles. The number of benzene rings is 1. The molecule has 2 amide bonds. The van der Waals surface area contributed by atoms with Crippen molar-refractivity contribution < 1.29 is 69.7 Å². The third-order valence-electron chi connectivity index (χ3n) is 6.14. The topological polar surface area (TPSA) is 101 Å². The first-order valence-electron chi connectivity index (χ1n) is 10.3. The molecule has 3 aliphatic rings. The summed E-state index contributed by atoms with van der Waals surface area (Å²) in [6.45, 7) is 1.72. The molecule has 1 aromatic carbocycles. The summed E-state index contributed by atoms with van der Waals surface area (Å²) >= 11 is 0. The van der Waals surface area contributed by atoms with Crippen LogP contribution in [-0.2, 0) is 35.7 Å². The average molecular weight is 446 g/mol. The zero-order valence-corrected chi connectivity index (χ0v) is 21.1. The Hall–Kier alpha value is -0.00364. The van der Waals surface area contributed by atoms with Crippen molar-refractivity contribution in [1.82, 2.24) is 4.90 Å². The van der Waals surface area contributed by atoms with Gasteiger partial charge in [0.2, 0.25) is 0 Å². The van der Waals surface area contributed by atoms with E-state index in [1.54, 1.807) is 0 Å². The van der Waals surface area contributed by atoms with Gasteiger partial charge in [0.25, 0.3) is 0 Å². The molecule has 4 rings (SSSR count). The predicted molar refractivity (Wildman–Crippen MR) is 108 cm³/mol. The number of aryl methyl sites for hydroxylation is 2. The normalized spacial score (nSPS) is 18.5. The molecular weight excluding hydrogens is 417 g/mol. The maximum atomic E-state index is 12.5. The molecule has 7 nitrogen and oxygen atoms in total. The third kappa shape index (κ3) is 5.26. The second-order valence-corrected chi connectivity index (χ2v) is 9.96. The number of hydrogen-bond acceptors (Lipinski definition) is 5. The molecule has 1 heterocycles. The molecule has 1 aliphatic heterocycles. The van der Waals surface area contributed by atoms with Crippen LogP contribution < -0.4 is 56.7 Å². The fourth-order valence-electron chi connectivity index (χ4n) is 4.63. The first-order chi connectivity index (χ1) is 13.5. The molecule has 1 aromatic rings. The first kappa shape index (κ1) is 23.7. The molecule has 2 N–H and O–H groups in total. The summed E-state index contributed by atoms with van der Waals surface area (Å²) in [6, 6.07) is 1.50. The van der Waals surface area contributed by atoms with Gasteiger partial charge in [-0.05, 0) is 85.9 Å². The molecule has 0 spiro atoms. The average Bonchev–Trinajstić information content (AvgIpc) is 3.24. The second-order valence-electron chi connectivity index (χ2n) is 8.08. The Balaban J connectivity index is 0.00000240. The van der Waals surface area contributed by atoms with Crippen LogP contribution in [0.1, 0.15) is 47.9 Å². The molecule has 9 heteroatoms. The second kappa shape index (κ2) is 10.1. The van der Waals surface area contributed by atoms with Gasteiger partial charge in [-0.3, -0.25) is 4.79 Å². The van der Waals surface area contributed by atoms with E-state index in [4.69, 9.17) is 5.11 Å². The molecule has 0 bridgehead atoms. The number of urea groups is 1. The van der Waals surface area contributed by atoms with Crippen molar-refractivity contribution >= 4 is 21.7 Å². The fourth-order valence-corrected chi connectivity index (χ4v) is 5.85. The van der Waals surface area contributed by atoms with E-state index < -0.39 is 21.3 Å². The number of amides is 2. The van der Waals surface area contributed by atoms with E-state index in [2.05, 4.69) is 16.1 Å². The number of unbranched alkanes of at least 4 members (excludes halogenated alkanes) is 1. The van der Waals surface area contributed by atoms with Crippen LogP contribution in [0.25, 0.3) is 4.72 Å². The van der Waals surface area contributed by atoms with Crippen molar-refractivity contribution in [3.8, 4) is 0 Å². The predicted octanol–water partition coefficient (Wildman–Crippen LogP) is -0.640. The molecule has 1 saturated heterocycles. The van der Waals surface area contributed by atoms with Gasteiger partial charge in [-0.2, -0.15) is 0 Å². The van der Waals surface area contributed by atoms with Crippen LogP contribution in [0.4, 0.5) is 10.5 Å². The number of aliphatic hydroxyl groups is 1. The summed E-state index contributed by atoms with van der Waals surface area (Å²) in [5.74, 6) is 0. The molecule has 0 atom stereocenters. The minimum atomic E-state index is -3.81. The van der Waals surface area contributed by atoms with Crippen LogP contribution in [-0.4, -0.2) is 55.9 Å². The number of aliphatic hydroxyl groups excluding tert-OH is 1. The number of nitrogens with zero attached hydrogens (tertiary/aromatic N) is 2. The number of nitrogens with one attached hydrogen (secondary N) is 1. The summed E-state index contributed by atoms with van der Waals surface area (Å²) in [5, 5.41) is 11.0. The maximum Gasteiger partial charge on any atom is 1.00 e. The van der Waals surface area contributed by atoms with Gasteiger partial charge in [-0.1, -0.05) is 6.07 Å². The van der Waals surface area contributed by atoms with Crippen LogP contribution in [0.15, 0.2) is 6.07 Å². The van der Waals surface area contributed by atoms with Gasteiger partial charge in [0.05, 0.1) is 5.25 Å². The number of anilines is 1. The van der Waals surface area contributed by atoms with E-state index in [1.165, 1.54) is 22.3 Å². The minimum Gasteiger partial charge on any atom is -0.423 e. The standard InChI is InChI=1S/C20H29N3O4S.K/c24-10-2-1-9-23-12-16(13-23)28(26,27)22-20(25)21-19-17-7-3-5-14(17)11-15-6-4-8-18(15)19;/h11,16,24H,1-10,12-13H2,(H2,21,22,25);/q;+1/p-1. The third-order valence-corrected chi connectivity index (χ3v) is 7.70. The van der Waals surface area contributed by atoms with Gasteiger partial charge in [-0.25, -0.2) is 8.42 Å². The summed E-state index contributed by atoms with van der Waals surface area (Å²) in [5.41, 5.74) is 5.74. The summed E-state index contributed by atoms with van der Waals surface area (Å²) in [7, 11) is -3.81. The first-order valence-corrected chi connectivity index (χ1v) is 11.8. The van der Waals surface area contributed by atoms with Gasteiger partial charge in [0, 0.05) is 19.7 Å². The van der Waals surface area contributed by atoms with Crippen LogP contribution in [0.2, 0.25) is 0 Å². The Morgan fingerprint density at radius 2 is 1.72 bits per heavy atom. The van der Waals surface area contributed by atoms with Crippen molar-refractivity contribution in [2.75, 3.05) is 31.6 Å². The molecule has 29 heavy (non-hydrogen) atoms. The Morgan fingerprint density at radius 3 is 2.31 bits per heavy atom. The van der Waals surface area contributed by atoms with Crippen LogP contribution in [0.3, 0.4) is 0 Å². The molecule has 154 valence electrons. The van der Waals surface area contributed by atoms with E-state index in [-0.39, 0.29) is 58.0 Å². The number of rotatable bonds is 7. The monoisotopic (exact) mass is 445 g/mol. The Labute approximate surface area is 215 Å². The van der Waals surface area contributed by atoms with Gasteiger partial charge in [0.1, 0.15) is 0 Å². The summed E-state index contributed by atoms with van der Waals surface area (Å²) < 4.78 is 28.5. The molecule has 0 aromatic heterocycles. The minimum absolute atomic E-state index is 0. The Morgan fingerprint density at radius 1 is 1.10 bits per heavy atom. The maximum absolute atomic E-state index is 12.5. The number of carbonyl (C=O) groups excluding carboxylic acids is 1. The number of sulfonamides is 1. The molecule has 0 unspecified atom stereocenters. The number of hydrogen-bond donors (Lipinski definition) is 2. The van der Waals surface area contributed by atoms with Crippen molar-refractivity contribution in [2.24, 2.45) is 0 Å². The van der Waals surface area contributed by atoms with Crippen LogP contribution in [0, 0.1) is 0 Å². The molecule has 1 fully saturated rings. The molecule has 0 saturated carbocycles. The van der Waals surface area contributed by atoms with Gasteiger partial charge < -0.3 is 20.0 Å². The fraction of sp³-hybridized carbons (Fsp3) is 0.650. The van der Waals surface area contributed by atoms with Gasteiger partial charge in [-0.15, -0.1) is 0 Å². The quantitative estimate of drug-likeness (QED) is 0.430. The van der Waals surface area contributed by atoms with E-state index in [0.29, 0.717) is 19.5 Å². The van der Waals surface area contributed by atoms with Crippen molar-refractivity contribution in [3.63, 3.8) is 0 Å². The summed E-state index contributed by atoms with van der Waals surface area (Å²) in [4.78, 5) is 14.5. The van der Waals surface area contributed by atoms with E-state index in [1.807, 2.05) is 4.90 Å². The SMILES string of the molecule is O=C([N-]S(=O)(=O)C1CN(CCCCO)C1)Nc1c2c(cc3c1CCC3)CCC2.[K+]. The number of carbonyl (C=O) groups is 1. The van der Waals surface area contributed by atoms with Crippen LogP contribution >= 0.6 is 0 Å². The zero-order chi connectivity index (χ0) is 19.7. The zero-order valence-electron chi connectivity index (χ0n) is 17.1. The van der Waals surface area contributed by atoms with Crippen molar-refractivity contribution in [2.45, 2.75) is 56.6 Å². The van der Waals surface area contributed by atoms with Crippen molar-refractivity contribution in [1.29, 1.82) is 0 Å². The molecule has 0 radical (unpaired) electrons. The van der Waals surface area contributed by atoms with E-state index in [9.17, 15) is 13.2 Å². The Kier molecular flexibility index (Phi) is 8.22. The van der Waals surface area contributed by atoms with E-state index >= 15 is 0 Å². The summed E-state index contributed by atoms with van der Waals surface area (Å²) in [6.07, 6.45) is 7.60. The Bertz CT molecular complexity index is 837.